The Labute approximate surface area is 182 Å². The van der Waals surface area contributed by atoms with Gasteiger partial charge in [0.25, 0.3) is 0 Å². The highest BCUT2D eigenvalue weighted by atomic mass is 16.5. The summed E-state index contributed by atoms with van der Waals surface area (Å²) in [7, 11) is 3.29. The molecule has 176 valence electrons. The highest BCUT2D eigenvalue weighted by Crippen LogP contribution is 2.26. The molecule has 0 amide bonds. The van der Waals surface area contributed by atoms with Crippen molar-refractivity contribution in [1.82, 2.24) is 0 Å². The van der Waals surface area contributed by atoms with Gasteiger partial charge in [0.2, 0.25) is 0 Å². The zero-order chi connectivity index (χ0) is 22.2. The molecule has 0 radical (unpaired) electrons. The Morgan fingerprint density at radius 1 is 0.655 bits per heavy atom. The van der Waals surface area contributed by atoms with E-state index in [1.807, 2.05) is 0 Å². The van der Waals surface area contributed by atoms with Crippen LogP contribution in [0.3, 0.4) is 0 Å². The summed E-state index contributed by atoms with van der Waals surface area (Å²) >= 11 is 0. The second-order valence-electron chi connectivity index (χ2n) is 8.29. The van der Waals surface area contributed by atoms with Crippen molar-refractivity contribution in [1.29, 1.82) is 0 Å². The van der Waals surface area contributed by atoms with Crippen LogP contribution in [0.5, 0.6) is 0 Å². The van der Waals surface area contributed by atoms with Crippen LogP contribution < -0.4 is 10.8 Å². The maximum Gasteiger partial charge on any atom is 0.107 e. The lowest BCUT2D eigenvalue weighted by atomic mass is 9.89. The molecule has 0 aliphatic carbocycles. The predicted molar refractivity (Wildman–Crippen MR) is 123 cm³/mol. The van der Waals surface area contributed by atoms with Crippen LogP contribution in [-0.4, -0.2) is 25.7 Å². The highest BCUT2D eigenvalue weighted by molar-refractivity contribution is 5.75. The van der Waals surface area contributed by atoms with Gasteiger partial charge in [-0.25, -0.2) is 0 Å². The number of aliphatic carboxylic acids is 1. The fourth-order valence-corrected chi connectivity index (χ4v) is 3.88. The molecule has 4 nitrogen and oxygen atoms in total. The van der Waals surface area contributed by atoms with E-state index >= 15 is 0 Å². The third-order valence-corrected chi connectivity index (χ3v) is 5.88. The molecule has 0 aliphatic rings. The van der Waals surface area contributed by atoms with E-state index in [-0.39, 0.29) is 0 Å². The minimum Gasteiger partial charge on any atom is -0.547 e. The number of carbonyl (C=O) groups excluding carboxylic acids is 1. The number of quaternary nitrogens is 1. The van der Waals surface area contributed by atoms with E-state index in [1.165, 1.54) is 90.6 Å². The Balaban J connectivity index is 0. The maximum absolute atomic E-state index is 11.7. The number of ether oxygens (including phenoxy) is 1. The Kier molecular flexibility index (Phi) is 25.0. The van der Waals surface area contributed by atoms with Crippen molar-refractivity contribution >= 4 is 5.97 Å². The summed E-state index contributed by atoms with van der Waals surface area (Å²) in [6, 6.07) is 0. The first kappa shape index (κ1) is 30.6. The number of carboxylic acids is 1. The number of rotatable bonds is 21. The minimum absolute atomic E-state index is 0.595. The minimum atomic E-state index is -1.07. The molecule has 0 saturated carbocycles. The molecule has 3 N–H and O–H groups in total. The molecule has 1 unspecified atom stereocenters. The van der Waals surface area contributed by atoms with Crippen molar-refractivity contribution in [2.24, 2.45) is 0 Å². The van der Waals surface area contributed by atoms with Gasteiger partial charge in [-0.3, -0.25) is 0 Å². The van der Waals surface area contributed by atoms with Crippen LogP contribution in [-0.2, 0) is 9.53 Å². The monoisotopic (exact) mass is 415 g/mol. The molecular weight excluding hydrogens is 362 g/mol. The van der Waals surface area contributed by atoms with E-state index in [0.717, 1.165) is 25.7 Å². The molecule has 0 saturated heterocycles. The number of carboxylic acid groups (broad SMARTS) is 1. The Morgan fingerprint density at radius 3 is 1.17 bits per heavy atom. The van der Waals surface area contributed by atoms with E-state index in [4.69, 9.17) is 4.74 Å². The average molecular weight is 416 g/mol. The van der Waals surface area contributed by atoms with Crippen molar-refractivity contribution in [3.8, 4) is 0 Å². The summed E-state index contributed by atoms with van der Waals surface area (Å²) in [5.41, 5.74) is 2.18. The molecule has 1 atom stereocenters. The van der Waals surface area contributed by atoms with Gasteiger partial charge in [0.15, 0.2) is 0 Å². The first-order valence-corrected chi connectivity index (χ1v) is 12.6. The quantitative estimate of drug-likeness (QED) is 0.254. The third kappa shape index (κ3) is 17.9. The van der Waals surface area contributed by atoms with Crippen molar-refractivity contribution in [3.63, 3.8) is 0 Å². The zero-order valence-corrected chi connectivity index (χ0v) is 20.4. The van der Waals surface area contributed by atoms with Gasteiger partial charge in [-0.15, -0.1) is 0 Å². The lowest BCUT2D eigenvalue weighted by Gasteiger charge is -2.33. The molecule has 0 aromatic heterocycles. The van der Waals surface area contributed by atoms with Crippen LogP contribution >= 0.6 is 0 Å². The molecular formula is C25H53NO3. The summed E-state index contributed by atoms with van der Waals surface area (Å²) in [4.78, 5) is 11.7. The lowest BCUT2D eigenvalue weighted by Crippen LogP contribution is -2.49. The fourth-order valence-electron chi connectivity index (χ4n) is 3.88. The standard InChI is InChI=1S/C24H48O3.CH5N/c1-4-6-8-10-12-14-16-18-20-22-24(27-3,23(25)26)21-19-17-15-13-11-9-7-5-2;1-2/h4-22H2,1-3H3,(H,25,26);2H2,1H3. The molecule has 0 bridgehead atoms. The summed E-state index contributed by atoms with van der Waals surface area (Å²) in [5.74, 6) is -1.02. The number of methoxy groups -OCH3 is 1. The van der Waals surface area contributed by atoms with Gasteiger partial charge in [0, 0.05) is 7.11 Å². The van der Waals surface area contributed by atoms with E-state index in [0.29, 0.717) is 12.8 Å². The van der Waals surface area contributed by atoms with Crippen molar-refractivity contribution < 1.29 is 20.4 Å². The fraction of sp³-hybridized carbons (Fsp3) is 0.960. The van der Waals surface area contributed by atoms with Gasteiger partial charge >= 0.3 is 0 Å². The summed E-state index contributed by atoms with van der Waals surface area (Å²) in [6.45, 7) is 4.48. The first-order valence-electron chi connectivity index (χ1n) is 12.6. The first-order chi connectivity index (χ1) is 14.1. The molecule has 0 aromatic carbocycles. The molecule has 0 rings (SSSR count). The van der Waals surface area contributed by atoms with E-state index in [9.17, 15) is 9.90 Å². The van der Waals surface area contributed by atoms with Crippen LogP contribution in [0, 0.1) is 0 Å². The largest absolute Gasteiger partial charge is 0.547 e. The molecule has 29 heavy (non-hydrogen) atoms. The zero-order valence-electron chi connectivity index (χ0n) is 20.4. The van der Waals surface area contributed by atoms with Gasteiger partial charge in [0.05, 0.1) is 13.0 Å². The van der Waals surface area contributed by atoms with Crippen LogP contribution in [0.2, 0.25) is 0 Å². The van der Waals surface area contributed by atoms with Gasteiger partial charge in [0.1, 0.15) is 5.60 Å². The van der Waals surface area contributed by atoms with Crippen LogP contribution in [0.4, 0.5) is 0 Å². The van der Waals surface area contributed by atoms with E-state index in [1.54, 1.807) is 7.05 Å². The number of unbranched alkanes of at least 4 members (excludes halogenated alkanes) is 15. The Morgan fingerprint density at radius 2 is 0.931 bits per heavy atom. The molecule has 4 heteroatoms. The summed E-state index contributed by atoms with van der Waals surface area (Å²) < 4.78 is 5.47. The normalized spacial score (nSPS) is 12.9. The molecule has 0 heterocycles. The van der Waals surface area contributed by atoms with Crippen molar-refractivity contribution in [2.45, 2.75) is 141 Å². The number of hydrogen-bond acceptors (Lipinski definition) is 3. The van der Waals surface area contributed by atoms with Crippen LogP contribution in [0.1, 0.15) is 136 Å². The Hall–Kier alpha value is -0.610. The van der Waals surface area contributed by atoms with Gasteiger partial charge in [-0.1, -0.05) is 123 Å². The van der Waals surface area contributed by atoms with Gasteiger partial charge in [-0.2, -0.15) is 0 Å². The second-order valence-corrected chi connectivity index (χ2v) is 8.29. The molecule has 0 aromatic rings. The van der Waals surface area contributed by atoms with Gasteiger partial charge in [-0.05, 0) is 12.8 Å². The Bertz CT molecular complexity index is 336. The lowest BCUT2D eigenvalue weighted by molar-refractivity contribution is -0.327. The molecule has 0 spiro atoms. The average Bonchev–Trinajstić information content (AvgIpc) is 2.74. The summed E-state index contributed by atoms with van der Waals surface area (Å²) in [5, 5.41) is 11.7. The topological polar surface area (TPSA) is 77.0 Å². The van der Waals surface area contributed by atoms with Crippen molar-refractivity contribution in [3.05, 3.63) is 0 Å². The highest BCUT2D eigenvalue weighted by Gasteiger charge is 2.30. The van der Waals surface area contributed by atoms with Crippen LogP contribution in [0.25, 0.3) is 0 Å². The van der Waals surface area contributed by atoms with E-state index < -0.39 is 11.6 Å². The van der Waals surface area contributed by atoms with E-state index in [2.05, 4.69) is 19.6 Å². The third-order valence-electron chi connectivity index (χ3n) is 5.88. The molecule has 0 fully saturated rings. The van der Waals surface area contributed by atoms with Gasteiger partial charge < -0.3 is 20.4 Å². The van der Waals surface area contributed by atoms with Crippen molar-refractivity contribution in [2.75, 3.05) is 14.2 Å². The summed E-state index contributed by atoms with van der Waals surface area (Å²) in [6.07, 6.45) is 22.1. The SMILES string of the molecule is CCCCCCCCCCCC(CCCCCCCCCC)(OC)C(=O)[O-].C[NH3+]. The predicted octanol–water partition coefficient (Wildman–Crippen LogP) is 5.43. The smallest absolute Gasteiger partial charge is 0.107 e. The second kappa shape index (κ2) is 23.7. The molecule has 0 aliphatic heterocycles. The van der Waals surface area contributed by atoms with Crippen LogP contribution in [0.15, 0.2) is 0 Å². The number of carbonyl (C=O) groups is 1. The maximum atomic E-state index is 11.7. The number of hydrogen-bond donors (Lipinski definition) is 1.